The van der Waals surface area contributed by atoms with Gasteiger partial charge in [0.15, 0.2) is 0 Å². The molecule has 0 aliphatic heterocycles. The van der Waals surface area contributed by atoms with Crippen LogP contribution in [-0.4, -0.2) is 24.0 Å². The van der Waals surface area contributed by atoms with Crippen molar-refractivity contribution < 1.29 is 23.1 Å². The molecule has 176 valence electrons. The minimum Gasteiger partial charge on any atom is -0.465 e. The van der Waals surface area contributed by atoms with Crippen molar-refractivity contribution in [2.75, 3.05) is 12.4 Å². The Balaban J connectivity index is 1.54. The van der Waals surface area contributed by atoms with Gasteiger partial charge in [0.2, 0.25) is 5.91 Å². The van der Waals surface area contributed by atoms with E-state index in [4.69, 9.17) is 16.3 Å². The largest absolute Gasteiger partial charge is 0.465 e. The molecule has 5 nitrogen and oxygen atoms in total. The van der Waals surface area contributed by atoms with Crippen molar-refractivity contribution in [3.05, 3.63) is 82.6 Å². The van der Waals surface area contributed by atoms with E-state index in [1.165, 1.54) is 38.4 Å². The number of ether oxygens (including phenoxy) is 1. The Kier molecular flexibility index (Phi) is 6.66. The first-order valence-electron chi connectivity index (χ1n) is 10.9. The van der Waals surface area contributed by atoms with Gasteiger partial charge in [-0.05, 0) is 53.8 Å². The van der Waals surface area contributed by atoms with Crippen molar-refractivity contribution in [3.63, 3.8) is 0 Å². The van der Waals surface area contributed by atoms with Crippen molar-refractivity contribution in [1.29, 1.82) is 0 Å². The summed E-state index contributed by atoms with van der Waals surface area (Å²) >= 11 is 5.93. The lowest BCUT2D eigenvalue weighted by Crippen LogP contribution is -2.15. The first kappa shape index (κ1) is 23.8. The molecule has 4 rings (SSSR count). The van der Waals surface area contributed by atoms with Crippen molar-refractivity contribution in [2.45, 2.75) is 31.6 Å². The summed E-state index contributed by atoms with van der Waals surface area (Å²) in [6, 6.07) is 15.0. The third-order valence-electron chi connectivity index (χ3n) is 6.01. The van der Waals surface area contributed by atoms with Crippen LogP contribution in [0.5, 0.6) is 0 Å². The maximum atomic E-state index is 13.9. The summed E-state index contributed by atoms with van der Waals surface area (Å²) in [5.41, 5.74) is 2.31. The average molecular weight is 485 g/mol. The van der Waals surface area contributed by atoms with Crippen LogP contribution in [0.4, 0.5) is 14.5 Å². The number of rotatable bonds is 7. The van der Waals surface area contributed by atoms with Crippen LogP contribution in [-0.2, 0) is 15.5 Å². The molecule has 0 spiro atoms. The maximum absolute atomic E-state index is 13.9. The molecule has 2 atom stereocenters. The second kappa shape index (κ2) is 9.50. The molecule has 1 aliphatic carbocycles. The Morgan fingerprint density at radius 1 is 1.15 bits per heavy atom. The highest BCUT2D eigenvalue weighted by Gasteiger charge is 2.44. The number of aromatic nitrogens is 1. The summed E-state index contributed by atoms with van der Waals surface area (Å²) in [6.45, 7) is 1.39. The van der Waals surface area contributed by atoms with E-state index in [1.54, 1.807) is 24.3 Å². The summed E-state index contributed by atoms with van der Waals surface area (Å²) in [5, 5.41) is 3.51. The molecule has 2 aromatic carbocycles. The molecular weight excluding hydrogens is 462 g/mol. The molecule has 1 N–H and O–H groups in total. The number of carbonyl (C=O) groups is 2. The van der Waals surface area contributed by atoms with Crippen LogP contribution in [0, 0.1) is 5.92 Å². The molecule has 1 fully saturated rings. The number of nitrogens with zero attached hydrogens (tertiary/aromatic N) is 1. The summed E-state index contributed by atoms with van der Waals surface area (Å²) in [5.74, 6) is -3.82. The fourth-order valence-corrected chi connectivity index (χ4v) is 4.03. The molecule has 1 aliphatic rings. The molecule has 1 heterocycles. The van der Waals surface area contributed by atoms with Crippen molar-refractivity contribution in [3.8, 4) is 11.1 Å². The molecule has 1 amide bonds. The highest BCUT2D eigenvalue weighted by Crippen LogP contribution is 2.48. The molecule has 8 heteroatoms. The number of benzene rings is 2. The van der Waals surface area contributed by atoms with Crippen LogP contribution >= 0.6 is 11.6 Å². The lowest BCUT2D eigenvalue weighted by molar-refractivity contribution is -0.117. The van der Waals surface area contributed by atoms with Crippen LogP contribution < -0.4 is 5.32 Å². The van der Waals surface area contributed by atoms with Crippen LogP contribution in [0.1, 0.15) is 47.3 Å². The van der Waals surface area contributed by atoms with E-state index in [1.807, 2.05) is 12.1 Å². The standard InChI is InChI=1S/C26H23ClF2N2O3/c1-3-26(28,29)23-11-6-16(14-30-23)19-10-9-18(12-22(19)25(33)34-2)31-24(32)21-13-20(21)15-4-7-17(27)8-5-15/h4-12,14,20-21H,3,13H2,1-2H3,(H,31,32). The predicted molar refractivity (Wildman–Crippen MR) is 126 cm³/mol. The predicted octanol–water partition coefficient (Wildman–Crippen LogP) is 6.43. The number of pyridine rings is 1. The molecule has 2 unspecified atom stereocenters. The number of amides is 1. The Bertz CT molecular complexity index is 1210. The third-order valence-corrected chi connectivity index (χ3v) is 6.26. The van der Waals surface area contributed by atoms with Gasteiger partial charge in [0, 0.05) is 34.8 Å². The van der Waals surface area contributed by atoms with Crippen LogP contribution in [0.15, 0.2) is 60.8 Å². The molecule has 1 saturated carbocycles. The molecule has 34 heavy (non-hydrogen) atoms. The molecule has 1 aromatic heterocycles. The highest BCUT2D eigenvalue weighted by molar-refractivity contribution is 6.30. The number of methoxy groups -OCH3 is 1. The van der Waals surface area contributed by atoms with Gasteiger partial charge >= 0.3 is 5.97 Å². The number of carbonyl (C=O) groups excluding carboxylic acids is 2. The summed E-state index contributed by atoms with van der Waals surface area (Å²) in [7, 11) is 1.25. The Labute approximate surface area is 201 Å². The highest BCUT2D eigenvalue weighted by atomic mass is 35.5. The number of hydrogen-bond donors (Lipinski definition) is 1. The number of nitrogens with one attached hydrogen (secondary N) is 1. The van der Waals surface area contributed by atoms with Gasteiger partial charge in [-0.1, -0.05) is 42.8 Å². The summed E-state index contributed by atoms with van der Waals surface area (Å²) in [6.07, 6.45) is 1.68. The maximum Gasteiger partial charge on any atom is 0.338 e. The summed E-state index contributed by atoms with van der Waals surface area (Å²) in [4.78, 5) is 29.1. The second-order valence-corrected chi connectivity index (χ2v) is 8.67. The van der Waals surface area contributed by atoms with Crippen molar-refractivity contribution >= 4 is 29.2 Å². The zero-order chi connectivity index (χ0) is 24.5. The normalized spacial score (nSPS) is 17.2. The van der Waals surface area contributed by atoms with Gasteiger partial charge < -0.3 is 10.1 Å². The minimum atomic E-state index is -3.02. The smallest absolute Gasteiger partial charge is 0.338 e. The third kappa shape index (κ3) is 4.94. The number of halogens is 3. The number of alkyl halides is 2. The van der Waals surface area contributed by atoms with Crippen LogP contribution in [0.25, 0.3) is 11.1 Å². The Morgan fingerprint density at radius 2 is 1.88 bits per heavy atom. The Hall–Kier alpha value is -3.32. The van der Waals surface area contributed by atoms with Gasteiger partial charge in [-0.3, -0.25) is 9.78 Å². The zero-order valence-electron chi connectivity index (χ0n) is 18.6. The monoisotopic (exact) mass is 484 g/mol. The topological polar surface area (TPSA) is 68.3 Å². The lowest BCUT2D eigenvalue weighted by Gasteiger charge is -2.15. The van der Waals surface area contributed by atoms with E-state index in [0.29, 0.717) is 21.8 Å². The van der Waals surface area contributed by atoms with E-state index in [2.05, 4.69) is 10.3 Å². The van der Waals surface area contributed by atoms with Gasteiger partial charge in [-0.25, -0.2) is 4.79 Å². The van der Waals surface area contributed by atoms with E-state index < -0.39 is 11.9 Å². The quantitative estimate of drug-likeness (QED) is 0.392. The van der Waals surface area contributed by atoms with Gasteiger partial charge in [0.25, 0.3) is 5.92 Å². The van der Waals surface area contributed by atoms with Gasteiger partial charge in [-0.2, -0.15) is 8.78 Å². The first-order valence-corrected chi connectivity index (χ1v) is 11.2. The first-order chi connectivity index (χ1) is 16.2. The molecule has 0 radical (unpaired) electrons. The SMILES string of the molecule is CCC(F)(F)c1ccc(-c2ccc(NC(=O)C3CC3c3ccc(Cl)cc3)cc2C(=O)OC)cn1. The van der Waals surface area contributed by atoms with E-state index >= 15 is 0 Å². The van der Waals surface area contributed by atoms with Crippen LogP contribution in [0.3, 0.4) is 0 Å². The fraction of sp³-hybridized carbons (Fsp3) is 0.269. The number of esters is 1. The van der Waals surface area contributed by atoms with Gasteiger partial charge in [0.05, 0.1) is 12.7 Å². The van der Waals surface area contributed by atoms with Crippen LogP contribution in [0.2, 0.25) is 5.02 Å². The lowest BCUT2D eigenvalue weighted by atomic mass is 9.99. The van der Waals surface area contributed by atoms with Gasteiger partial charge in [0.1, 0.15) is 5.69 Å². The minimum absolute atomic E-state index is 0.127. The molecule has 3 aromatic rings. The second-order valence-electron chi connectivity index (χ2n) is 8.23. The van der Waals surface area contributed by atoms with Gasteiger partial charge in [-0.15, -0.1) is 0 Å². The molecule has 0 saturated heterocycles. The molecular formula is C26H23ClF2N2O3. The van der Waals surface area contributed by atoms with E-state index in [0.717, 1.165) is 12.0 Å². The average Bonchev–Trinajstić information content (AvgIpc) is 3.65. The zero-order valence-corrected chi connectivity index (χ0v) is 19.4. The number of hydrogen-bond acceptors (Lipinski definition) is 4. The Morgan fingerprint density at radius 3 is 2.50 bits per heavy atom. The van der Waals surface area contributed by atoms with Crippen molar-refractivity contribution in [2.24, 2.45) is 5.92 Å². The van der Waals surface area contributed by atoms with Crippen molar-refractivity contribution in [1.82, 2.24) is 4.98 Å². The van der Waals surface area contributed by atoms with E-state index in [9.17, 15) is 18.4 Å². The fourth-order valence-electron chi connectivity index (χ4n) is 3.90. The molecule has 0 bridgehead atoms. The van der Waals surface area contributed by atoms with E-state index in [-0.39, 0.29) is 35.4 Å². The summed E-state index contributed by atoms with van der Waals surface area (Å²) < 4.78 is 32.7. The number of anilines is 1.